The van der Waals surface area contributed by atoms with Crippen LogP contribution in [0, 0.1) is 12.7 Å². The Morgan fingerprint density at radius 1 is 1.18 bits per heavy atom. The van der Waals surface area contributed by atoms with E-state index in [1.54, 1.807) is 0 Å². The summed E-state index contributed by atoms with van der Waals surface area (Å²) in [6.45, 7) is 1.44. The van der Waals surface area contributed by atoms with Crippen LogP contribution in [0.5, 0.6) is 0 Å². The maximum atomic E-state index is 13.4. The molecule has 0 aliphatic rings. The molecule has 0 unspecified atom stereocenters. The summed E-state index contributed by atoms with van der Waals surface area (Å²) in [5.41, 5.74) is -0.804. The van der Waals surface area contributed by atoms with Crippen LogP contribution in [0.3, 0.4) is 0 Å². The zero-order chi connectivity index (χ0) is 12.6. The van der Waals surface area contributed by atoms with Crippen LogP contribution in [0.4, 0.5) is 17.6 Å². The Balaban J connectivity index is 2.55. The molecule has 2 rings (SSSR count). The number of hydrogen-bond acceptors (Lipinski definition) is 1. The molecule has 90 valence electrons. The van der Waals surface area contributed by atoms with E-state index in [2.05, 4.69) is 5.10 Å². The van der Waals surface area contributed by atoms with Gasteiger partial charge in [0.25, 0.3) is 0 Å². The molecule has 1 aromatic carbocycles. The highest BCUT2D eigenvalue weighted by atomic mass is 19.4. The Labute approximate surface area is 94.5 Å². The molecule has 0 spiro atoms. The van der Waals surface area contributed by atoms with E-state index in [1.807, 2.05) is 0 Å². The Hall–Kier alpha value is -1.85. The van der Waals surface area contributed by atoms with Crippen molar-refractivity contribution in [3.05, 3.63) is 47.5 Å². The minimum Gasteiger partial charge on any atom is -0.235 e. The van der Waals surface area contributed by atoms with E-state index >= 15 is 0 Å². The van der Waals surface area contributed by atoms with Gasteiger partial charge in [0.1, 0.15) is 11.5 Å². The molecule has 0 saturated heterocycles. The molecule has 0 radical (unpaired) electrons. The summed E-state index contributed by atoms with van der Waals surface area (Å²) < 4.78 is 51.6. The summed E-state index contributed by atoms with van der Waals surface area (Å²) in [5, 5.41) is 3.36. The van der Waals surface area contributed by atoms with Crippen molar-refractivity contribution in [2.75, 3.05) is 0 Å². The van der Waals surface area contributed by atoms with E-state index in [0.717, 1.165) is 10.7 Å². The second-order valence-electron chi connectivity index (χ2n) is 3.53. The summed E-state index contributed by atoms with van der Waals surface area (Å²) in [6, 6.07) is 6.42. The first-order chi connectivity index (χ1) is 7.89. The predicted octanol–water partition coefficient (Wildman–Crippen LogP) is 3.34. The van der Waals surface area contributed by atoms with Crippen molar-refractivity contribution in [1.82, 2.24) is 9.78 Å². The van der Waals surface area contributed by atoms with Crippen LogP contribution < -0.4 is 0 Å². The number of rotatable bonds is 1. The molecular formula is C11H8F4N2. The smallest absolute Gasteiger partial charge is 0.235 e. The molecule has 0 fully saturated rings. The van der Waals surface area contributed by atoms with Crippen LogP contribution >= 0.6 is 0 Å². The quantitative estimate of drug-likeness (QED) is 0.703. The highest BCUT2D eigenvalue weighted by Crippen LogP contribution is 2.29. The van der Waals surface area contributed by atoms with Gasteiger partial charge in [-0.05, 0) is 25.1 Å². The number of aromatic nitrogens is 2. The Morgan fingerprint density at radius 3 is 2.35 bits per heavy atom. The average molecular weight is 244 g/mol. The highest BCUT2D eigenvalue weighted by Gasteiger charge is 2.34. The summed E-state index contributed by atoms with van der Waals surface area (Å²) in [4.78, 5) is 0. The average Bonchev–Trinajstić information content (AvgIpc) is 2.61. The standard InChI is InChI=1S/C11H8F4N2/c1-7-6-10(11(13,14)15)16-17(7)9-5-3-2-4-8(9)12/h2-6H,1H3. The van der Waals surface area contributed by atoms with E-state index in [4.69, 9.17) is 0 Å². The van der Waals surface area contributed by atoms with Crippen molar-refractivity contribution in [3.8, 4) is 5.69 Å². The number of nitrogens with zero attached hydrogens (tertiary/aromatic N) is 2. The lowest BCUT2D eigenvalue weighted by Gasteiger charge is -2.05. The number of benzene rings is 1. The van der Waals surface area contributed by atoms with E-state index < -0.39 is 17.7 Å². The van der Waals surface area contributed by atoms with Crippen LogP contribution in [0.2, 0.25) is 0 Å². The minimum absolute atomic E-state index is 0.000463. The molecule has 0 aliphatic heterocycles. The van der Waals surface area contributed by atoms with Crippen molar-refractivity contribution < 1.29 is 17.6 Å². The number of hydrogen-bond donors (Lipinski definition) is 0. The molecule has 1 aromatic heterocycles. The summed E-state index contributed by atoms with van der Waals surface area (Å²) in [6.07, 6.45) is -4.53. The Bertz CT molecular complexity index is 543. The van der Waals surface area contributed by atoms with Crippen LogP contribution in [-0.4, -0.2) is 9.78 Å². The van der Waals surface area contributed by atoms with Gasteiger partial charge in [0.05, 0.1) is 0 Å². The zero-order valence-electron chi connectivity index (χ0n) is 8.79. The van der Waals surface area contributed by atoms with Crippen molar-refractivity contribution in [2.45, 2.75) is 13.1 Å². The third-order valence-corrected chi connectivity index (χ3v) is 2.26. The highest BCUT2D eigenvalue weighted by molar-refractivity contribution is 5.35. The first-order valence-corrected chi connectivity index (χ1v) is 4.78. The third-order valence-electron chi connectivity index (χ3n) is 2.26. The molecule has 0 atom stereocenters. The first kappa shape index (κ1) is 11.6. The van der Waals surface area contributed by atoms with Crippen molar-refractivity contribution in [1.29, 1.82) is 0 Å². The molecule has 0 amide bonds. The lowest BCUT2D eigenvalue weighted by molar-refractivity contribution is -0.141. The van der Waals surface area contributed by atoms with Crippen LogP contribution in [-0.2, 0) is 6.18 Å². The molecule has 0 saturated carbocycles. The molecule has 0 N–H and O–H groups in total. The molecule has 1 heterocycles. The van der Waals surface area contributed by atoms with Crippen LogP contribution in [0.15, 0.2) is 30.3 Å². The normalized spacial score (nSPS) is 11.8. The summed E-state index contributed by atoms with van der Waals surface area (Å²) in [5.74, 6) is -0.618. The van der Waals surface area contributed by atoms with Crippen molar-refractivity contribution in [3.63, 3.8) is 0 Å². The Kier molecular flexibility index (Phi) is 2.65. The topological polar surface area (TPSA) is 17.8 Å². The van der Waals surface area contributed by atoms with E-state index in [0.29, 0.717) is 0 Å². The van der Waals surface area contributed by atoms with Gasteiger partial charge in [-0.2, -0.15) is 18.3 Å². The lowest BCUT2D eigenvalue weighted by Crippen LogP contribution is -2.08. The third kappa shape index (κ3) is 2.15. The molecular weight excluding hydrogens is 236 g/mol. The minimum atomic E-state index is -4.53. The maximum absolute atomic E-state index is 13.4. The molecule has 6 heteroatoms. The Morgan fingerprint density at radius 2 is 1.82 bits per heavy atom. The fourth-order valence-electron chi connectivity index (χ4n) is 1.48. The van der Waals surface area contributed by atoms with Gasteiger partial charge in [-0.25, -0.2) is 9.07 Å². The first-order valence-electron chi connectivity index (χ1n) is 4.78. The molecule has 17 heavy (non-hydrogen) atoms. The second-order valence-corrected chi connectivity index (χ2v) is 3.53. The molecule has 2 nitrogen and oxygen atoms in total. The van der Waals surface area contributed by atoms with Gasteiger partial charge < -0.3 is 0 Å². The predicted molar refractivity (Wildman–Crippen MR) is 53.3 cm³/mol. The van der Waals surface area contributed by atoms with Gasteiger partial charge in [-0.1, -0.05) is 12.1 Å². The van der Waals surface area contributed by atoms with Gasteiger partial charge in [-0.3, -0.25) is 0 Å². The van der Waals surface area contributed by atoms with E-state index in [9.17, 15) is 17.6 Å². The fourth-order valence-corrected chi connectivity index (χ4v) is 1.48. The molecule has 0 bridgehead atoms. The summed E-state index contributed by atoms with van der Waals surface area (Å²) in [7, 11) is 0. The van der Waals surface area contributed by atoms with E-state index in [1.165, 1.54) is 31.2 Å². The second kappa shape index (κ2) is 3.87. The van der Waals surface area contributed by atoms with Gasteiger partial charge in [0.2, 0.25) is 0 Å². The van der Waals surface area contributed by atoms with Gasteiger partial charge in [0.15, 0.2) is 5.69 Å². The molecule has 2 aromatic rings. The number of halogens is 4. The monoisotopic (exact) mass is 244 g/mol. The fraction of sp³-hybridized carbons (Fsp3) is 0.182. The number of aryl methyl sites for hydroxylation is 1. The van der Waals surface area contributed by atoms with Crippen molar-refractivity contribution in [2.24, 2.45) is 0 Å². The number of para-hydroxylation sites is 1. The van der Waals surface area contributed by atoms with Crippen LogP contribution in [0.1, 0.15) is 11.4 Å². The van der Waals surface area contributed by atoms with Crippen molar-refractivity contribution >= 4 is 0 Å². The lowest BCUT2D eigenvalue weighted by atomic mass is 10.3. The maximum Gasteiger partial charge on any atom is 0.435 e. The van der Waals surface area contributed by atoms with Crippen LogP contribution in [0.25, 0.3) is 5.69 Å². The van der Waals surface area contributed by atoms with Gasteiger partial charge in [-0.15, -0.1) is 0 Å². The van der Waals surface area contributed by atoms with E-state index in [-0.39, 0.29) is 11.4 Å². The largest absolute Gasteiger partial charge is 0.435 e. The summed E-state index contributed by atoms with van der Waals surface area (Å²) >= 11 is 0. The van der Waals surface area contributed by atoms with Gasteiger partial charge in [0, 0.05) is 5.69 Å². The zero-order valence-corrected chi connectivity index (χ0v) is 8.79. The van der Waals surface area contributed by atoms with Gasteiger partial charge >= 0.3 is 6.18 Å². The molecule has 0 aliphatic carbocycles. The number of alkyl halides is 3. The SMILES string of the molecule is Cc1cc(C(F)(F)F)nn1-c1ccccc1F.